The summed E-state index contributed by atoms with van der Waals surface area (Å²) in [5.41, 5.74) is 3.46. The SMILES string of the molecule is Cc1ccc(N2CCCC3(CCCN3C(=O)CCn3nc(C)cc3C)C2=O)cc1. The molecule has 2 aromatic rings. The van der Waals surface area contributed by atoms with Gasteiger partial charge in [-0.25, -0.2) is 0 Å². The van der Waals surface area contributed by atoms with Crippen molar-refractivity contribution >= 4 is 17.5 Å². The van der Waals surface area contributed by atoms with Gasteiger partial charge in [-0.1, -0.05) is 17.7 Å². The van der Waals surface area contributed by atoms with Gasteiger partial charge in [0, 0.05) is 37.4 Å². The van der Waals surface area contributed by atoms with E-state index in [4.69, 9.17) is 0 Å². The monoisotopic (exact) mass is 394 g/mol. The normalized spacial score (nSPS) is 22.0. The van der Waals surface area contributed by atoms with Crippen molar-refractivity contribution in [3.05, 3.63) is 47.3 Å². The molecule has 1 aromatic heterocycles. The maximum atomic E-state index is 13.6. The van der Waals surface area contributed by atoms with Gasteiger partial charge in [0.15, 0.2) is 0 Å². The van der Waals surface area contributed by atoms with Gasteiger partial charge in [0.2, 0.25) is 5.91 Å². The molecular weight excluding hydrogens is 364 g/mol. The van der Waals surface area contributed by atoms with Crippen molar-refractivity contribution < 1.29 is 9.59 Å². The molecule has 0 saturated carbocycles. The lowest BCUT2D eigenvalue weighted by atomic mass is 9.85. The molecule has 29 heavy (non-hydrogen) atoms. The van der Waals surface area contributed by atoms with Crippen molar-refractivity contribution in [1.82, 2.24) is 14.7 Å². The predicted molar refractivity (Wildman–Crippen MR) is 113 cm³/mol. The highest BCUT2D eigenvalue weighted by molar-refractivity contribution is 6.03. The molecule has 2 aliphatic rings. The molecule has 0 bridgehead atoms. The molecule has 2 aliphatic heterocycles. The van der Waals surface area contributed by atoms with Crippen LogP contribution in [0.2, 0.25) is 0 Å². The minimum atomic E-state index is -0.671. The van der Waals surface area contributed by atoms with E-state index >= 15 is 0 Å². The van der Waals surface area contributed by atoms with Gasteiger partial charge in [-0.15, -0.1) is 0 Å². The fourth-order valence-electron chi connectivity index (χ4n) is 4.92. The molecule has 4 rings (SSSR count). The zero-order chi connectivity index (χ0) is 20.6. The van der Waals surface area contributed by atoms with E-state index in [1.807, 2.05) is 65.6 Å². The molecule has 2 saturated heterocycles. The summed E-state index contributed by atoms with van der Waals surface area (Å²) < 4.78 is 1.89. The van der Waals surface area contributed by atoms with Crippen molar-refractivity contribution in [2.24, 2.45) is 0 Å². The van der Waals surface area contributed by atoms with Crippen LogP contribution in [0.15, 0.2) is 30.3 Å². The fourth-order valence-corrected chi connectivity index (χ4v) is 4.92. The third kappa shape index (κ3) is 3.56. The van der Waals surface area contributed by atoms with Crippen LogP contribution in [-0.4, -0.2) is 45.1 Å². The quantitative estimate of drug-likeness (QED) is 0.799. The molecule has 2 fully saturated rings. The van der Waals surface area contributed by atoms with E-state index in [0.717, 1.165) is 49.3 Å². The second kappa shape index (κ2) is 7.65. The predicted octanol–water partition coefficient (Wildman–Crippen LogP) is 3.39. The molecule has 0 radical (unpaired) electrons. The highest BCUT2D eigenvalue weighted by Gasteiger charge is 2.52. The average Bonchev–Trinajstić information content (AvgIpc) is 3.26. The van der Waals surface area contributed by atoms with E-state index in [-0.39, 0.29) is 11.8 Å². The Balaban J connectivity index is 1.52. The average molecular weight is 395 g/mol. The van der Waals surface area contributed by atoms with E-state index in [2.05, 4.69) is 5.10 Å². The molecule has 2 amide bonds. The minimum absolute atomic E-state index is 0.0640. The van der Waals surface area contributed by atoms with Gasteiger partial charge in [-0.05, 0) is 64.7 Å². The first-order valence-corrected chi connectivity index (χ1v) is 10.6. The zero-order valence-corrected chi connectivity index (χ0v) is 17.6. The van der Waals surface area contributed by atoms with Crippen LogP contribution >= 0.6 is 0 Å². The lowest BCUT2D eigenvalue weighted by Crippen LogP contribution is -2.61. The van der Waals surface area contributed by atoms with Crippen molar-refractivity contribution in [2.45, 2.75) is 65.0 Å². The molecule has 1 unspecified atom stereocenters. The summed E-state index contributed by atoms with van der Waals surface area (Å²) in [5, 5.41) is 4.46. The van der Waals surface area contributed by atoms with Crippen LogP contribution in [0.1, 0.15) is 49.1 Å². The number of hydrogen-bond donors (Lipinski definition) is 0. The van der Waals surface area contributed by atoms with Gasteiger partial charge < -0.3 is 9.80 Å². The Bertz CT molecular complexity index is 917. The number of nitrogens with zero attached hydrogens (tertiary/aromatic N) is 4. The van der Waals surface area contributed by atoms with Crippen LogP contribution in [0.4, 0.5) is 5.69 Å². The van der Waals surface area contributed by atoms with Gasteiger partial charge in [0.1, 0.15) is 5.54 Å². The number of benzene rings is 1. The van der Waals surface area contributed by atoms with Crippen molar-refractivity contribution in [1.29, 1.82) is 0 Å². The summed E-state index contributed by atoms with van der Waals surface area (Å²) in [6.45, 7) is 7.96. The summed E-state index contributed by atoms with van der Waals surface area (Å²) in [6.07, 6.45) is 3.71. The number of carbonyl (C=O) groups is 2. The molecule has 6 nitrogen and oxygen atoms in total. The van der Waals surface area contributed by atoms with E-state index < -0.39 is 5.54 Å². The molecule has 154 valence electrons. The summed E-state index contributed by atoms with van der Waals surface area (Å²) >= 11 is 0. The lowest BCUT2D eigenvalue weighted by Gasteiger charge is -2.44. The van der Waals surface area contributed by atoms with Crippen molar-refractivity contribution in [3.63, 3.8) is 0 Å². The lowest BCUT2D eigenvalue weighted by molar-refractivity contribution is -0.145. The first-order valence-electron chi connectivity index (χ1n) is 10.6. The van der Waals surface area contributed by atoms with E-state index in [0.29, 0.717) is 19.5 Å². The first kappa shape index (κ1) is 19.7. The number of aromatic nitrogens is 2. The number of rotatable bonds is 4. The first-order chi connectivity index (χ1) is 13.9. The van der Waals surface area contributed by atoms with Gasteiger partial charge in [-0.3, -0.25) is 14.3 Å². The second-order valence-corrected chi connectivity index (χ2v) is 8.48. The number of piperidine rings is 1. The van der Waals surface area contributed by atoms with Crippen LogP contribution in [0.5, 0.6) is 0 Å². The maximum Gasteiger partial charge on any atom is 0.252 e. The number of anilines is 1. The largest absolute Gasteiger partial charge is 0.328 e. The van der Waals surface area contributed by atoms with Crippen molar-refractivity contribution in [3.8, 4) is 0 Å². The van der Waals surface area contributed by atoms with Crippen LogP contribution in [-0.2, 0) is 16.1 Å². The van der Waals surface area contributed by atoms with Crippen LogP contribution < -0.4 is 4.90 Å². The highest BCUT2D eigenvalue weighted by Crippen LogP contribution is 2.40. The molecule has 6 heteroatoms. The Morgan fingerprint density at radius 1 is 1.07 bits per heavy atom. The van der Waals surface area contributed by atoms with Crippen LogP contribution in [0.3, 0.4) is 0 Å². The molecule has 3 heterocycles. The molecule has 0 N–H and O–H groups in total. The smallest absolute Gasteiger partial charge is 0.252 e. The van der Waals surface area contributed by atoms with Crippen LogP contribution in [0.25, 0.3) is 0 Å². The standard InChI is InChI=1S/C23H30N4O2/c1-17-6-8-20(9-7-17)25-13-4-11-23(22(25)29)12-5-14-26(23)21(28)10-15-27-19(3)16-18(2)24-27/h6-9,16H,4-5,10-15H2,1-3H3. The van der Waals surface area contributed by atoms with E-state index in [1.54, 1.807) is 0 Å². The Labute approximate surface area is 172 Å². The number of amides is 2. The summed E-state index contributed by atoms with van der Waals surface area (Å²) in [4.78, 5) is 30.5. The third-order valence-corrected chi connectivity index (χ3v) is 6.39. The number of aryl methyl sites for hydroxylation is 4. The zero-order valence-electron chi connectivity index (χ0n) is 17.6. The Morgan fingerprint density at radius 2 is 1.76 bits per heavy atom. The van der Waals surface area contributed by atoms with Gasteiger partial charge in [-0.2, -0.15) is 5.10 Å². The molecular formula is C23H30N4O2. The summed E-state index contributed by atoms with van der Waals surface area (Å²) in [6, 6.07) is 10.1. The molecule has 0 aliphatic carbocycles. The Hall–Kier alpha value is -2.63. The van der Waals surface area contributed by atoms with Gasteiger partial charge in [0.25, 0.3) is 5.91 Å². The number of carbonyl (C=O) groups excluding carboxylic acids is 2. The van der Waals surface area contributed by atoms with Crippen molar-refractivity contribution in [2.75, 3.05) is 18.0 Å². The second-order valence-electron chi connectivity index (χ2n) is 8.48. The van der Waals surface area contributed by atoms with Crippen LogP contribution in [0, 0.1) is 20.8 Å². The van der Waals surface area contributed by atoms with Gasteiger partial charge >= 0.3 is 0 Å². The topological polar surface area (TPSA) is 58.4 Å². The Morgan fingerprint density at radius 3 is 2.41 bits per heavy atom. The Kier molecular flexibility index (Phi) is 5.19. The number of hydrogen-bond acceptors (Lipinski definition) is 3. The van der Waals surface area contributed by atoms with Gasteiger partial charge in [0.05, 0.1) is 5.69 Å². The van der Waals surface area contributed by atoms with E-state index in [1.165, 1.54) is 5.56 Å². The van der Waals surface area contributed by atoms with E-state index in [9.17, 15) is 9.59 Å². The minimum Gasteiger partial charge on any atom is -0.328 e. The summed E-state index contributed by atoms with van der Waals surface area (Å²) in [5.74, 6) is 0.152. The third-order valence-electron chi connectivity index (χ3n) is 6.39. The summed E-state index contributed by atoms with van der Waals surface area (Å²) in [7, 11) is 0. The fraction of sp³-hybridized carbons (Fsp3) is 0.522. The molecule has 1 spiro atoms. The highest BCUT2D eigenvalue weighted by atomic mass is 16.2. The maximum absolute atomic E-state index is 13.6. The molecule has 1 atom stereocenters. The number of likely N-dealkylation sites (tertiary alicyclic amines) is 1. The molecule has 1 aromatic carbocycles.